The number of nitrogens with one attached hydrogen (secondary N) is 1. The maximum atomic E-state index is 11.9. The van der Waals surface area contributed by atoms with Gasteiger partial charge in [0.2, 0.25) is 0 Å². The second-order valence-corrected chi connectivity index (χ2v) is 4.80. The van der Waals surface area contributed by atoms with Gasteiger partial charge in [0.15, 0.2) is 0 Å². The molecule has 3 N–H and O–H groups in total. The highest BCUT2D eigenvalue weighted by Gasteiger charge is 2.18. The molecule has 0 saturated heterocycles. The van der Waals surface area contributed by atoms with Gasteiger partial charge in [-0.15, -0.1) is 18.2 Å². The highest BCUT2D eigenvalue weighted by atomic mass is 32.2. The number of amides is 1. The monoisotopic (exact) mass is 266 g/mol. The number of thioether (sulfide) groups is 1. The van der Waals surface area contributed by atoms with E-state index in [1.54, 1.807) is 18.8 Å². The van der Waals surface area contributed by atoms with Crippen LogP contribution in [-0.2, 0) is 13.5 Å². The molecule has 0 aromatic carbocycles. The second-order valence-electron chi connectivity index (χ2n) is 3.70. The summed E-state index contributed by atoms with van der Waals surface area (Å²) in [7, 11) is 1.72. The van der Waals surface area contributed by atoms with E-state index >= 15 is 0 Å². The number of carbonyl (C=O) groups excluding carboxylic acids is 1. The SMILES string of the molecule is C#CCSCCNC(=O)c1c(N)c(CC)nn1C. The lowest BCUT2D eigenvalue weighted by Gasteiger charge is -2.05. The Hall–Kier alpha value is -1.61. The lowest BCUT2D eigenvalue weighted by atomic mass is 10.2. The van der Waals surface area contributed by atoms with Crippen molar-refractivity contribution in [2.75, 3.05) is 23.8 Å². The molecule has 1 aromatic rings. The molecule has 0 fully saturated rings. The molecule has 0 unspecified atom stereocenters. The summed E-state index contributed by atoms with van der Waals surface area (Å²) in [4.78, 5) is 11.9. The summed E-state index contributed by atoms with van der Waals surface area (Å²) in [5.74, 6) is 3.78. The normalized spacial score (nSPS) is 10.1. The molecular weight excluding hydrogens is 248 g/mol. The number of nitrogens with two attached hydrogens (primary N) is 1. The summed E-state index contributed by atoms with van der Waals surface area (Å²) in [5, 5.41) is 7.01. The number of hydrogen-bond donors (Lipinski definition) is 2. The van der Waals surface area contributed by atoms with Gasteiger partial charge in [0.1, 0.15) is 5.69 Å². The number of aromatic nitrogens is 2. The lowest BCUT2D eigenvalue weighted by molar-refractivity contribution is 0.0947. The van der Waals surface area contributed by atoms with E-state index in [1.165, 1.54) is 4.68 Å². The van der Waals surface area contributed by atoms with Crippen LogP contribution in [0.25, 0.3) is 0 Å². The van der Waals surface area contributed by atoms with E-state index in [1.807, 2.05) is 6.92 Å². The predicted molar refractivity (Wildman–Crippen MR) is 75.5 cm³/mol. The third kappa shape index (κ3) is 3.44. The topological polar surface area (TPSA) is 72.9 Å². The van der Waals surface area contributed by atoms with Gasteiger partial charge in [-0.05, 0) is 6.42 Å². The van der Waals surface area contributed by atoms with Gasteiger partial charge in [0, 0.05) is 19.3 Å². The molecule has 1 amide bonds. The van der Waals surface area contributed by atoms with Crippen LogP contribution in [0.4, 0.5) is 5.69 Å². The molecule has 0 bridgehead atoms. The van der Waals surface area contributed by atoms with Crippen LogP contribution in [-0.4, -0.2) is 33.7 Å². The fourth-order valence-corrected chi connectivity index (χ4v) is 2.09. The van der Waals surface area contributed by atoms with Crippen molar-refractivity contribution in [3.05, 3.63) is 11.4 Å². The Morgan fingerprint density at radius 3 is 2.94 bits per heavy atom. The van der Waals surface area contributed by atoms with Crippen molar-refractivity contribution in [1.29, 1.82) is 0 Å². The Labute approximate surface area is 111 Å². The zero-order valence-electron chi connectivity index (χ0n) is 10.7. The van der Waals surface area contributed by atoms with Crippen molar-refractivity contribution in [1.82, 2.24) is 15.1 Å². The smallest absolute Gasteiger partial charge is 0.271 e. The number of carbonyl (C=O) groups is 1. The van der Waals surface area contributed by atoms with Crippen LogP contribution in [0.5, 0.6) is 0 Å². The lowest BCUT2D eigenvalue weighted by Crippen LogP contribution is -2.28. The van der Waals surface area contributed by atoms with Crippen molar-refractivity contribution < 1.29 is 4.79 Å². The number of aryl methyl sites for hydroxylation is 2. The predicted octanol–water partition coefficient (Wildman–Crippen LogP) is 0.661. The highest BCUT2D eigenvalue weighted by Crippen LogP contribution is 2.16. The van der Waals surface area contributed by atoms with Crippen LogP contribution in [0, 0.1) is 12.3 Å². The Bertz CT molecular complexity index is 461. The molecule has 0 atom stereocenters. The molecule has 0 radical (unpaired) electrons. The molecule has 0 aliphatic carbocycles. The van der Waals surface area contributed by atoms with Gasteiger partial charge in [-0.3, -0.25) is 9.48 Å². The van der Waals surface area contributed by atoms with Crippen LogP contribution in [0.2, 0.25) is 0 Å². The van der Waals surface area contributed by atoms with Crippen LogP contribution in [0.15, 0.2) is 0 Å². The Morgan fingerprint density at radius 1 is 1.67 bits per heavy atom. The first-order chi connectivity index (χ1) is 8.61. The van der Waals surface area contributed by atoms with E-state index in [4.69, 9.17) is 12.2 Å². The van der Waals surface area contributed by atoms with Gasteiger partial charge in [-0.25, -0.2) is 0 Å². The highest BCUT2D eigenvalue weighted by molar-refractivity contribution is 7.99. The van der Waals surface area contributed by atoms with E-state index in [-0.39, 0.29) is 5.91 Å². The third-order valence-corrected chi connectivity index (χ3v) is 3.29. The molecule has 18 heavy (non-hydrogen) atoms. The van der Waals surface area contributed by atoms with Crippen molar-refractivity contribution >= 4 is 23.4 Å². The van der Waals surface area contributed by atoms with Crippen LogP contribution >= 0.6 is 11.8 Å². The molecule has 0 spiro atoms. The summed E-state index contributed by atoms with van der Waals surface area (Å²) >= 11 is 1.60. The van der Waals surface area contributed by atoms with E-state index in [9.17, 15) is 4.79 Å². The minimum absolute atomic E-state index is 0.191. The van der Waals surface area contributed by atoms with Crippen molar-refractivity contribution in [3.63, 3.8) is 0 Å². The van der Waals surface area contributed by atoms with Crippen molar-refractivity contribution in [2.24, 2.45) is 7.05 Å². The molecule has 5 nitrogen and oxygen atoms in total. The Morgan fingerprint density at radius 2 is 2.39 bits per heavy atom. The molecule has 6 heteroatoms. The number of terminal acetylenes is 1. The Balaban J connectivity index is 2.57. The molecule has 0 aliphatic rings. The summed E-state index contributed by atoms with van der Waals surface area (Å²) in [6, 6.07) is 0. The van der Waals surface area contributed by atoms with Gasteiger partial charge in [-0.2, -0.15) is 5.10 Å². The molecule has 0 aliphatic heterocycles. The van der Waals surface area contributed by atoms with Crippen LogP contribution < -0.4 is 11.1 Å². The fraction of sp³-hybridized carbons (Fsp3) is 0.500. The quantitative estimate of drug-likeness (QED) is 0.586. The van der Waals surface area contributed by atoms with E-state index in [2.05, 4.69) is 16.3 Å². The number of nitrogen functional groups attached to an aromatic ring is 1. The number of hydrogen-bond acceptors (Lipinski definition) is 4. The standard InChI is InChI=1S/C12H18N4OS/c1-4-7-18-8-6-14-12(17)11-10(13)9(5-2)15-16(11)3/h1H,5-8,13H2,2-3H3,(H,14,17). The minimum Gasteiger partial charge on any atom is -0.395 e. The first-order valence-corrected chi connectivity index (χ1v) is 6.88. The summed E-state index contributed by atoms with van der Waals surface area (Å²) in [6.07, 6.45) is 5.85. The van der Waals surface area contributed by atoms with Gasteiger partial charge in [0.05, 0.1) is 17.1 Å². The van der Waals surface area contributed by atoms with Crippen LogP contribution in [0.3, 0.4) is 0 Å². The van der Waals surface area contributed by atoms with Gasteiger partial charge in [0.25, 0.3) is 5.91 Å². The average molecular weight is 266 g/mol. The average Bonchev–Trinajstić information content (AvgIpc) is 2.63. The molecular formula is C12H18N4OS. The molecule has 1 rings (SSSR count). The first kappa shape index (κ1) is 14.5. The fourth-order valence-electron chi connectivity index (χ4n) is 1.58. The number of rotatable bonds is 6. The summed E-state index contributed by atoms with van der Waals surface area (Å²) < 4.78 is 1.53. The molecule has 1 aromatic heterocycles. The van der Waals surface area contributed by atoms with E-state index in [0.717, 1.165) is 11.4 Å². The number of nitrogens with zero attached hydrogens (tertiary/aromatic N) is 2. The second kappa shape index (κ2) is 6.97. The molecule has 0 saturated carbocycles. The third-order valence-electron chi connectivity index (χ3n) is 2.43. The zero-order valence-corrected chi connectivity index (χ0v) is 11.5. The van der Waals surface area contributed by atoms with E-state index in [0.29, 0.717) is 30.1 Å². The maximum absolute atomic E-state index is 11.9. The van der Waals surface area contributed by atoms with Crippen molar-refractivity contribution in [2.45, 2.75) is 13.3 Å². The molecule has 98 valence electrons. The van der Waals surface area contributed by atoms with Gasteiger partial charge < -0.3 is 11.1 Å². The zero-order chi connectivity index (χ0) is 13.5. The summed E-state index contributed by atoms with van der Waals surface area (Å²) in [6.45, 7) is 2.52. The van der Waals surface area contributed by atoms with Crippen molar-refractivity contribution in [3.8, 4) is 12.3 Å². The first-order valence-electron chi connectivity index (χ1n) is 5.72. The summed E-state index contributed by atoms with van der Waals surface area (Å²) in [5.41, 5.74) is 7.54. The van der Waals surface area contributed by atoms with Crippen LogP contribution in [0.1, 0.15) is 23.1 Å². The van der Waals surface area contributed by atoms with E-state index < -0.39 is 0 Å². The maximum Gasteiger partial charge on any atom is 0.271 e. The van der Waals surface area contributed by atoms with Gasteiger partial charge >= 0.3 is 0 Å². The van der Waals surface area contributed by atoms with Gasteiger partial charge in [-0.1, -0.05) is 12.8 Å². The number of anilines is 1. The minimum atomic E-state index is -0.191. The largest absolute Gasteiger partial charge is 0.395 e. The Kier molecular flexibility index (Phi) is 5.59. The molecule has 1 heterocycles.